The maximum absolute atomic E-state index is 12.0. The molecule has 1 aromatic carbocycles. The zero-order valence-corrected chi connectivity index (χ0v) is 12.5. The van der Waals surface area contributed by atoms with Gasteiger partial charge in [-0.2, -0.15) is 0 Å². The fourth-order valence-electron chi connectivity index (χ4n) is 1.70. The fraction of sp³-hybridized carbons (Fsp3) is 0.467. The molecule has 110 valence electrons. The van der Waals surface area contributed by atoms with Crippen molar-refractivity contribution in [1.82, 2.24) is 10.6 Å². The second-order valence-electron chi connectivity index (χ2n) is 4.97. The van der Waals surface area contributed by atoms with Gasteiger partial charge in [0.1, 0.15) is 6.04 Å². The summed E-state index contributed by atoms with van der Waals surface area (Å²) in [5, 5.41) is 8.60. The number of nitrogens with one attached hydrogen (secondary N) is 3. The molecular weight excluding hydrogens is 254 g/mol. The molecule has 0 heterocycles. The van der Waals surface area contributed by atoms with E-state index >= 15 is 0 Å². The molecule has 0 saturated heterocycles. The molecule has 1 atom stereocenters. The highest BCUT2D eigenvalue weighted by molar-refractivity contribution is 5.97. The summed E-state index contributed by atoms with van der Waals surface area (Å²) in [4.78, 5) is 23.7. The van der Waals surface area contributed by atoms with E-state index in [4.69, 9.17) is 0 Å². The van der Waals surface area contributed by atoms with E-state index in [1.807, 2.05) is 32.9 Å². The quantitative estimate of drug-likeness (QED) is 0.742. The molecule has 1 unspecified atom stereocenters. The highest BCUT2D eigenvalue weighted by Crippen LogP contribution is 2.09. The Hall–Kier alpha value is -2.04. The number of rotatable bonds is 6. The Kier molecular flexibility index (Phi) is 6.03. The van der Waals surface area contributed by atoms with E-state index in [1.54, 1.807) is 19.1 Å². The van der Waals surface area contributed by atoms with Gasteiger partial charge in [0.2, 0.25) is 5.91 Å². The summed E-state index contributed by atoms with van der Waals surface area (Å²) in [5.74, 6) is -0.433. The number of benzene rings is 1. The van der Waals surface area contributed by atoms with Crippen LogP contribution in [0.1, 0.15) is 38.1 Å². The third-order valence-corrected chi connectivity index (χ3v) is 2.70. The van der Waals surface area contributed by atoms with E-state index in [0.717, 1.165) is 12.2 Å². The first-order chi connectivity index (χ1) is 9.43. The Morgan fingerprint density at radius 2 is 1.65 bits per heavy atom. The summed E-state index contributed by atoms with van der Waals surface area (Å²) in [5.41, 5.74) is 1.51. The van der Waals surface area contributed by atoms with Gasteiger partial charge in [0, 0.05) is 23.8 Å². The van der Waals surface area contributed by atoms with Crippen molar-refractivity contribution in [2.45, 2.75) is 39.8 Å². The van der Waals surface area contributed by atoms with E-state index in [1.165, 1.54) is 0 Å². The summed E-state index contributed by atoms with van der Waals surface area (Å²) in [6.45, 7) is 8.27. The van der Waals surface area contributed by atoms with E-state index in [9.17, 15) is 9.59 Å². The van der Waals surface area contributed by atoms with Crippen molar-refractivity contribution in [3.8, 4) is 0 Å². The van der Waals surface area contributed by atoms with Crippen LogP contribution in [0.4, 0.5) is 5.69 Å². The number of carbonyl (C=O) groups is 2. The SMILES string of the molecule is CCNc1ccc(C(=O)NC(C)C(=O)NC(C)C)cc1. The van der Waals surface area contributed by atoms with E-state index in [2.05, 4.69) is 16.0 Å². The van der Waals surface area contributed by atoms with Gasteiger partial charge in [-0.3, -0.25) is 9.59 Å². The molecule has 0 aromatic heterocycles. The van der Waals surface area contributed by atoms with Gasteiger partial charge in [-0.05, 0) is 52.0 Å². The molecule has 20 heavy (non-hydrogen) atoms. The largest absolute Gasteiger partial charge is 0.385 e. The first-order valence-corrected chi connectivity index (χ1v) is 6.89. The van der Waals surface area contributed by atoms with Crippen molar-refractivity contribution in [2.75, 3.05) is 11.9 Å². The lowest BCUT2D eigenvalue weighted by molar-refractivity contribution is -0.123. The van der Waals surface area contributed by atoms with Gasteiger partial charge in [0.25, 0.3) is 5.91 Å². The Balaban J connectivity index is 2.59. The van der Waals surface area contributed by atoms with Crippen molar-refractivity contribution in [2.24, 2.45) is 0 Å². The maximum Gasteiger partial charge on any atom is 0.251 e. The van der Waals surface area contributed by atoms with Gasteiger partial charge >= 0.3 is 0 Å². The third kappa shape index (κ3) is 4.91. The second-order valence-corrected chi connectivity index (χ2v) is 4.97. The zero-order chi connectivity index (χ0) is 15.1. The number of hydrogen-bond donors (Lipinski definition) is 3. The Labute approximate surface area is 120 Å². The summed E-state index contributed by atoms with van der Waals surface area (Å²) < 4.78 is 0. The number of anilines is 1. The van der Waals surface area contributed by atoms with Crippen LogP contribution in [0.15, 0.2) is 24.3 Å². The van der Waals surface area contributed by atoms with Gasteiger partial charge < -0.3 is 16.0 Å². The van der Waals surface area contributed by atoms with Crippen LogP contribution < -0.4 is 16.0 Å². The molecule has 1 aromatic rings. The van der Waals surface area contributed by atoms with Crippen LogP contribution in [0.2, 0.25) is 0 Å². The molecule has 0 aliphatic carbocycles. The van der Waals surface area contributed by atoms with E-state index in [-0.39, 0.29) is 17.9 Å². The second kappa shape index (κ2) is 7.53. The lowest BCUT2D eigenvalue weighted by Gasteiger charge is -2.16. The Morgan fingerprint density at radius 3 is 2.15 bits per heavy atom. The van der Waals surface area contributed by atoms with Crippen molar-refractivity contribution in [1.29, 1.82) is 0 Å². The van der Waals surface area contributed by atoms with Crippen LogP contribution in [0.25, 0.3) is 0 Å². The molecule has 0 spiro atoms. The average Bonchev–Trinajstić information content (AvgIpc) is 2.39. The van der Waals surface area contributed by atoms with Crippen LogP contribution >= 0.6 is 0 Å². The van der Waals surface area contributed by atoms with Crippen molar-refractivity contribution in [3.63, 3.8) is 0 Å². The number of hydrogen-bond acceptors (Lipinski definition) is 3. The zero-order valence-electron chi connectivity index (χ0n) is 12.5. The first-order valence-electron chi connectivity index (χ1n) is 6.89. The minimum absolute atomic E-state index is 0.0567. The minimum Gasteiger partial charge on any atom is -0.385 e. The van der Waals surface area contributed by atoms with E-state index in [0.29, 0.717) is 5.56 Å². The average molecular weight is 277 g/mol. The van der Waals surface area contributed by atoms with Crippen LogP contribution in [0.3, 0.4) is 0 Å². The summed E-state index contributed by atoms with van der Waals surface area (Å²) >= 11 is 0. The molecule has 0 radical (unpaired) electrons. The van der Waals surface area contributed by atoms with Gasteiger partial charge in [-0.25, -0.2) is 0 Å². The normalized spacial score (nSPS) is 11.8. The fourth-order valence-corrected chi connectivity index (χ4v) is 1.70. The third-order valence-electron chi connectivity index (χ3n) is 2.70. The van der Waals surface area contributed by atoms with Crippen molar-refractivity contribution >= 4 is 17.5 Å². The number of amides is 2. The smallest absolute Gasteiger partial charge is 0.251 e. The van der Waals surface area contributed by atoms with Gasteiger partial charge in [0.05, 0.1) is 0 Å². The lowest BCUT2D eigenvalue weighted by atomic mass is 10.1. The highest BCUT2D eigenvalue weighted by atomic mass is 16.2. The summed E-state index contributed by atoms with van der Waals surface area (Å²) in [6, 6.07) is 6.66. The molecule has 0 fully saturated rings. The van der Waals surface area contributed by atoms with Gasteiger partial charge in [0.15, 0.2) is 0 Å². The molecule has 0 aliphatic heterocycles. The molecule has 5 nitrogen and oxygen atoms in total. The first kappa shape index (κ1) is 16.0. The molecule has 3 N–H and O–H groups in total. The topological polar surface area (TPSA) is 70.2 Å². The van der Waals surface area contributed by atoms with Crippen LogP contribution in [-0.4, -0.2) is 30.4 Å². The molecular formula is C15H23N3O2. The molecule has 2 amide bonds. The van der Waals surface area contributed by atoms with Crippen LogP contribution in [0, 0.1) is 0 Å². The highest BCUT2D eigenvalue weighted by Gasteiger charge is 2.16. The molecule has 0 bridgehead atoms. The Morgan fingerprint density at radius 1 is 1.05 bits per heavy atom. The minimum atomic E-state index is -0.557. The number of carbonyl (C=O) groups excluding carboxylic acids is 2. The lowest BCUT2D eigenvalue weighted by Crippen LogP contribution is -2.46. The maximum atomic E-state index is 12.0. The van der Waals surface area contributed by atoms with Crippen molar-refractivity contribution in [3.05, 3.63) is 29.8 Å². The summed E-state index contributed by atoms with van der Waals surface area (Å²) in [6.07, 6.45) is 0. The standard InChI is InChI=1S/C15H23N3O2/c1-5-16-13-8-6-12(7-9-13)15(20)18-11(4)14(19)17-10(2)3/h6-11,16H,5H2,1-4H3,(H,17,19)(H,18,20). The molecule has 5 heteroatoms. The van der Waals surface area contributed by atoms with Crippen LogP contribution in [0.5, 0.6) is 0 Å². The molecule has 1 rings (SSSR count). The molecule has 0 aliphatic rings. The monoisotopic (exact) mass is 277 g/mol. The molecule has 0 saturated carbocycles. The van der Waals surface area contributed by atoms with Gasteiger partial charge in [-0.15, -0.1) is 0 Å². The predicted molar refractivity (Wildman–Crippen MR) is 80.8 cm³/mol. The summed E-state index contributed by atoms with van der Waals surface area (Å²) in [7, 11) is 0. The Bertz CT molecular complexity index is 455. The van der Waals surface area contributed by atoms with Crippen molar-refractivity contribution < 1.29 is 9.59 Å². The predicted octanol–water partition coefficient (Wildman–Crippen LogP) is 1.76. The van der Waals surface area contributed by atoms with Gasteiger partial charge in [-0.1, -0.05) is 0 Å². The van der Waals surface area contributed by atoms with E-state index < -0.39 is 6.04 Å². The van der Waals surface area contributed by atoms with Crippen LogP contribution in [-0.2, 0) is 4.79 Å².